The van der Waals surface area contributed by atoms with Crippen LogP contribution in [0.3, 0.4) is 0 Å². The van der Waals surface area contributed by atoms with Crippen molar-refractivity contribution in [1.82, 2.24) is 9.80 Å². The number of nitrogens with zero attached hydrogens (tertiary/aromatic N) is 2. The molecule has 234 valence electrons. The molecule has 0 aromatic heterocycles. The minimum Gasteiger partial charge on any atom is -0.393 e. The number of carbonyl (C=O) groups is 1. The fourth-order valence-corrected chi connectivity index (χ4v) is 12.1. The fraction of sp³-hybridized carbons (Fsp3) is 0.919. The van der Waals surface area contributed by atoms with Crippen molar-refractivity contribution >= 4 is 5.78 Å². The van der Waals surface area contributed by atoms with Crippen LogP contribution >= 0.6 is 0 Å². The molecular weight excluding hydrogens is 504 g/mol. The summed E-state index contributed by atoms with van der Waals surface area (Å²) in [5.41, 5.74) is 4.05. The number of hydrogen-bond donors (Lipinski definition) is 1. The Balaban J connectivity index is 0.00000165. The van der Waals surface area contributed by atoms with E-state index in [-0.39, 0.29) is 16.9 Å². The van der Waals surface area contributed by atoms with Crippen LogP contribution in [0.15, 0.2) is 11.1 Å². The van der Waals surface area contributed by atoms with Crippen molar-refractivity contribution < 1.29 is 9.90 Å². The second-order valence-electron chi connectivity index (χ2n) is 16.3. The van der Waals surface area contributed by atoms with Gasteiger partial charge in [-0.3, -0.25) is 9.69 Å². The summed E-state index contributed by atoms with van der Waals surface area (Å²) in [6, 6.07) is 0. The van der Waals surface area contributed by atoms with E-state index < -0.39 is 0 Å². The molecule has 0 bridgehead atoms. The molecule has 1 N–H and O–H groups in total. The average molecular weight is 569 g/mol. The summed E-state index contributed by atoms with van der Waals surface area (Å²) in [6.45, 7) is 24.0. The van der Waals surface area contributed by atoms with Crippen LogP contribution in [-0.2, 0) is 4.79 Å². The highest BCUT2D eigenvalue weighted by Gasteiger charge is 2.69. The summed E-state index contributed by atoms with van der Waals surface area (Å²) in [5, 5.41) is 10.8. The van der Waals surface area contributed by atoms with Gasteiger partial charge in [-0.1, -0.05) is 66.5 Å². The molecule has 0 amide bonds. The molecule has 1 saturated heterocycles. The molecule has 0 spiro atoms. The first-order chi connectivity index (χ1) is 19.4. The predicted octanol–water partition coefficient (Wildman–Crippen LogP) is 7.60. The molecule has 0 radical (unpaired) electrons. The molecule has 0 aromatic rings. The standard InChI is InChI=1S/C35H58N2O2.C2H6/c1-23(2)25-10-15-35(30(39)22-37-20-18-36(7)19-21-37)17-16-33(5)27(31(25)35)8-9-29-32(4)13-12-28(38)24(3)26(32)11-14-34(29,33)6;1-2/h23-24,26-29,38H,8-22H2,1-7H3;1-2H3/t24?,26?,27?,28?,29?,32?,33-,34?,35?;/m1./s1. The van der Waals surface area contributed by atoms with Gasteiger partial charge in [0.15, 0.2) is 5.78 Å². The maximum atomic E-state index is 14.5. The van der Waals surface area contributed by atoms with Gasteiger partial charge in [0.2, 0.25) is 0 Å². The van der Waals surface area contributed by atoms with E-state index in [1.165, 1.54) is 38.5 Å². The predicted molar refractivity (Wildman–Crippen MR) is 171 cm³/mol. The first-order valence-electron chi connectivity index (χ1n) is 17.7. The Morgan fingerprint density at radius 3 is 2.24 bits per heavy atom. The van der Waals surface area contributed by atoms with Gasteiger partial charge >= 0.3 is 0 Å². The van der Waals surface area contributed by atoms with Gasteiger partial charge in [-0.25, -0.2) is 0 Å². The minimum absolute atomic E-state index is 0.113. The van der Waals surface area contributed by atoms with Gasteiger partial charge in [0.25, 0.3) is 0 Å². The van der Waals surface area contributed by atoms with Crippen molar-refractivity contribution in [3.8, 4) is 0 Å². The lowest BCUT2D eigenvalue weighted by molar-refractivity contribution is -0.211. The molecule has 41 heavy (non-hydrogen) atoms. The Hall–Kier alpha value is -0.710. The topological polar surface area (TPSA) is 43.8 Å². The lowest BCUT2D eigenvalue weighted by Crippen LogP contribution is -2.64. The SMILES string of the molecule is CC.CC(C)C1=C2C3CCC4C5(C)CCC(O)C(C)C5CCC4(C)[C@]3(C)CCC2(C(=O)CN2CCN(C)CC2)CC1. The molecule has 5 fully saturated rings. The van der Waals surface area contributed by atoms with Crippen molar-refractivity contribution in [2.75, 3.05) is 39.8 Å². The molecule has 6 rings (SSSR count). The molecule has 0 aromatic carbocycles. The third-order valence-electron chi connectivity index (χ3n) is 14.7. The number of piperazine rings is 1. The number of likely N-dealkylation sites (N-methyl/N-ethyl adjacent to an activating group) is 1. The van der Waals surface area contributed by atoms with Crippen LogP contribution < -0.4 is 0 Å². The van der Waals surface area contributed by atoms with Gasteiger partial charge < -0.3 is 10.0 Å². The van der Waals surface area contributed by atoms with Crippen LogP contribution in [0.5, 0.6) is 0 Å². The smallest absolute Gasteiger partial charge is 0.157 e. The first kappa shape index (κ1) is 31.7. The zero-order valence-electron chi connectivity index (χ0n) is 28.3. The molecule has 1 heterocycles. The van der Waals surface area contributed by atoms with E-state index in [9.17, 15) is 9.90 Å². The van der Waals surface area contributed by atoms with E-state index >= 15 is 0 Å². The van der Waals surface area contributed by atoms with Gasteiger partial charge in [-0.2, -0.15) is 0 Å². The first-order valence-corrected chi connectivity index (χ1v) is 17.7. The van der Waals surface area contributed by atoms with Crippen molar-refractivity contribution in [2.24, 2.45) is 51.2 Å². The van der Waals surface area contributed by atoms with Crippen molar-refractivity contribution in [3.63, 3.8) is 0 Å². The van der Waals surface area contributed by atoms with E-state index in [1.807, 2.05) is 13.8 Å². The van der Waals surface area contributed by atoms with Gasteiger partial charge in [0.05, 0.1) is 18.1 Å². The van der Waals surface area contributed by atoms with Crippen LogP contribution in [0.25, 0.3) is 0 Å². The van der Waals surface area contributed by atoms with Gasteiger partial charge in [-0.15, -0.1) is 0 Å². The van der Waals surface area contributed by atoms with Gasteiger partial charge in [-0.05, 0) is 117 Å². The van der Waals surface area contributed by atoms with Crippen molar-refractivity contribution in [3.05, 3.63) is 11.1 Å². The number of aliphatic hydroxyl groups excluding tert-OH is 1. The Bertz CT molecular complexity index is 1010. The maximum Gasteiger partial charge on any atom is 0.157 e. The third kappa shape index (κ3) is 4.66. The van der Waals surface area contributed by atoms with Crippen LogP contribution in [-0.4, -0.2) is 66.6 Å². The lowest BCUT2D eigenvalue weighted by atomic mass is 9.34. The molecule has 8 unspecified atom stereocenters. The lowest BCUT2D eigenvalue weighted by Gasteiger charge is -2.71. The summed E-state index contributed by atoms with van der Waals surface area (Å²) in [4.78, 5) is 19.3. The Morgan fingerprint density at radius 2 is 1.59 bits per heavy atom. The van der Waals surface area contributed by atoms with Crippen LogP contribution in [0.4, 0.5) is 0 Å². The molecular formula is C37H64N2O2. The van der Waals surface area contributed by atoms with Crippen LogP contribution in [0.2, 0.25) is 0 Å². The average Bonchev–Trinajstić information content (AvgIpc) is 3.35. The maximum absolute atomic E-state index is 14.5. The Kier molecular flexibility index (Phi) is 8.77. The fourth-order valence-electron chi connectivity index (χ4n) is 12.1. The highest BCUT2D eigenvalue weighted by Crippen LogP contribution is 2.76. The summed E-state index contributed by atoms with van der Waals surface area (Å²) >= 11 is 0. The molecule has 6 aliphatic rings. The monoisotopic (exact) mass is 568 g/mol. The zero-order chi connectivity index (χ0) is 30.0. The van der Waals surface area contributed by atoms with Crippen LogP contribution in [0, 0.1) is 51.2 Å². The number of hydrogen-bond acceptors (Lipinski definition) is 4. The summed E-state index contributed by atoms with van der Waals surface area (Å²) in [6.07, 6.45) is 11.7. The number of aliphatic hydroxyl groups is 1. The van der Waals surface area contributed by atoms with Crippen molar-refractivity contribution in [1.29, 1.82) is 0 Å². The number of rotatable bonds is 4. The number of fused-ring (bicyclic) bond motifs is 7. The molecule has 4 nitrogen and oxygen atoms in total. The molecule has 5 aliphatic carbocycles. The number of ketones is 1. The van der Waals surface area contributed by atoms with Gasteiger partial charge in [0.1, 0.15) is 0 Å². The van der Waals surface area contributed by atoms with E-state index in [0.717, 1.165) is 57.8 Å². The number of allylic oxidation sites excluding steroid dienone is 2. The molecule has 4 heteroatoms. The minimum atomic E-state index is -0.194. The third-order valence-corrected chi connectivity index (χ3v) is 14.7. The second kappa shape index (κ2) is 11.3. The molecule has 4 saturated carbocycles. The van der Waals surface area contributed by atoms with Crippen LogP contribution in [0.1, 0.15) is 120 Å². The van der Waals surface area contributed by atoms with E-state index in [0.29, 0.717) is 46.8 Å². The van der Waals surface area contributed by atoms with E-state index in [2.05, 4.69) is 58.4 Å². The molecule has 9 atom stereocenters. The summed E-state index contributed by atoms with van der Waals surface area (Å²) in [7, 11) is 2.20. The normalized spacial score (nSPS) is 46.7. The Labute approximate surface area is 253 Å². The highest BCUT2D eigenvalue weighted by atomic mass is 16.3. The number of carbonyl (C=O) groups excluding carboxylic acids is 1. The second-order valence-corrected chi connectivity index (χ2v) is 16.3. The van der Waals surface area contributed by atoms with Crippen molar-refractivity contribution in [2.45, 2.75) is 126 Å². The zero-order valence-corrected chi connectivity index (χ0v) is 28.3. The quantitative estimate of drug-likeness (QED) is 0.355. The Morgan fingerprint density at radius 1 is 0.902 bits per heavy atom. The summed E-state index contributed by atoms with van der Waals surface area (Å²) < 4.78 is 0. The van der Waals surface area contributed by atoms with Gasteiger partial charge in [0, 0.05) is 26.2 Å². The largest absolute Gasteiger partial charge is 0.393 e. The number of Topliss-reactive ketones (excluding diaryl/α,β-unsaturated/α-hetero) is 1. The van der Waals surface area contributed by atoms with E-state index in [4.69, 9.17) is 0 Å². The molecule has 1 aliphatic heterocycles. The highest BCUT2D eigenvalue weighted by molar-refractivity contribution is 5.91. The summed E-state index contributed by atoms with van der Waals surface area (Å²) in [5.74, 6) is 3.48. The van der Waals surface area contributed by atoms with E-state index in [1.54, 1.807) is 11.1 Å².